The minimum Gasteiger partial charge on any atom is -0.478 e. The summed E-state index contributed by atoms with van der Waals surface area (Å²) < 4.78 is 12.9. The molecular weight excluding hydrogens is 287 g/mol. The van der Waals surface area contributed by atoms with E-state index in [0.29, 0.717) is 5.69 Å². The molecule has 102 valence electrons. The van der Waals surface area contributed by atoms with E-state index in [1.54, 1.807) is 0 Å². The number of pyridine rings is 1. The maximum absolute atomic E-state index is 12.9. The molecule has 0 atom stereocenters. The number of nitrogens with one attached hydrogen (secondary N) is 1. The number of aromatic carboxylic acids is 1. The highest BCUT2D eigenvalue weighted by molar-refractivity contribution is 6.33. The van der Waals surface area contributed by atoms with E-state index < -0.39 is 17.7 Å². The number of anilines is 1. The van der Waals surface area contributed by atoms with Crippen LogP contribution in [-0.4, -0.2) is 22.0 Å². The van der Waals surface area contributed by atoms with Crippen molar-refractivity contribution in [3.05, 3.63) is 58.6 Å². The van der Waals surface area contributed by atoms with Crippen molar-refractivity contribution in [3.8, 4) is 0 Å². The van der Waals surface area contributed by atoms with Crippen LogP contribution in [0.25, 0.3) is 0 Å². The van der Waals surface area contributed by atoms with Crippen LogP contribution >= 0.6 is 11.6 Å². The molecule has 1 amide bonds. The standard InChI is InChI=1S/C13H8ClFN2O3/c14-11-4-9(1-2-10(11)13(19)20)17-12(18)7-3-8(15)6-16-5-7/h1-6H,(H,17,18)(H,19,20). The van der Waals surface area contributed by atoms with Crippen molar-refractivity contribution >= 4 is 29.2 Å². The van der Waals surface area contributed by atoms with E-state index in [1.807, 2.05) is 0 Å². The van der Waals surface area contributed by atoms with Crippen LogP contribution < -0.4 is 5.32 Å². The fourth-order valence-electron chi connectivity index (χ4n) is 1.51. The Balaban J connectivity index is 2.20. The summed E-state index contributed by atoms with van der Waals surface area (Å²) in [7, 11) is 0. The number of carbonyl (C=O) groups is 2. The first kappa shape index (κ1) is 14.0. The van der Waals surface area contributed by atoms with Gasteiger partial charge >= 0.3 is 5.97 Å². The summed E-state index contributed by atoms with van der Waals surface area (Å²) in [5.41, 5.74) is 0.273. The maximum Gasteiger partial charge on any atom is 0.337 e. The van der Waals surface area contributed by atoms with Crippen molar-refractivity contribution in [2.45, 2.75) is 0 Å². The van der Waals surface area contributed by atoms with E-state index in [9.17, 15) is 14.0 Å². The van der Waals surface area contributed by atoms with Gasteiger partial charge in [-0.1, -0.05) is 11.6 Å². The first-order chi connectivity index (χ1) is 9.47. The highest BCUT2D eigenvalue weighted by Gasteiger charge is 2.11. The fourth-order valence-corrected chi connectivity index (χ4v) is 1.77. The topological polar surface area (TPSA) is 79.3 Å². The van der Waals surface area contributed by atoms with Crippen molar-refractivity contribution in [1.29, 1.82) is 0 Å². The molecule has 2 rings (SSSR count). The molecule has 0 saturated carbocycles. The number of carboxylic acid groups (broad SMARTS) is 1. The molecule has 2 N–H and O–H groups in total. The normalized spacial score (nSPS) is 10.1. The lowest BCUT2D eigenvalue weighted by Gasteiger charge is -2.06. The molecule has 20 heavy (non-hydrogen) atoms. The second-order valence-electron chi connectivity index (χ2n) is 3.85. The quantitative estimate of drug-likeness (QED) is 0.912. The highest BCUT2D eigenvalue weighted by atomic mass is 35.5. The maximum atomic E-state index is 12.9. The number of hydrogen-bond acceptors (Lipinski definition) is 3. The Kier molecular flexibility index (Phi) is 3.95. The second kappa shape index (κ2) is 5.66. The van der Waals surface area contributed by atoms with Gasteiger partial charge in [0.1, 0.15) is 5.82 Å². The zero-order chi connectivity index (χ0) is 14.7. The van der Waals surface area contributed by atoms with Gasteiger partial charge in [0, 0.05) is 11.9 Å². The van der Waals surface area contributed by atoms with E-state index in [-0.39, 0.29) is 16.1 Å². The smallest absolute Gasteiger partial charge is 0.337 e. The van der Waals surface area contributed by atoms with Crippen LogP contribution in [-0.2, 0) is 0 Å². The molecule has 0 saturated heterocycles. The van der Waals surface area contributed by atoms with Crippen molar-refractivity contribution < 1.29 is 19.1 Å². The molecule has 0 bridgehead atoms. The lowest BCUT2D eigenvalue weighted by molar-refractivity contribution is 0.0697. The third-order valence-corrected chi connectivity index (χ3v) is 2.74. The molecule has 0 spiro atoms. The number of halogens is 2. The van der Waals surface area contributed by atoms with Crippen LogP contribution in [0.15, 0.2) is 36.7 Å². The van der Waals surface area contributed by atoms with Crippen LogP contribution in [0.1, 0.15) is 20.7 Å². The van der Waals surface area contributed by atoms with Gasteiger partial charge < -0.3 is 10.4 Å². The summed E-state index contributed by atoms with van der Waals surface area (Å²) in [6, 6.07) is 5.00. The van der Waals surface area contributed by atoms with Crippen LogP contribution in [0, 0.1) is 5.82 Å². The monoisotopic (exact) mass is 294 g/mol. The van der Waals surface area contributed by atoms with Gasteiger partial charge in [-0.25, -0.2) is 9.18 Å². The molecule has 1 heterocycles. The Labute approximate surface area is 118 Å². The SMILES string of the molecule is O=C(Nc1ccc(C(=O)O)c(Cl)c1)c1cncc(F)c1. The van der Waals surface area contributed by atoms with E-state index in [1.165, 1.54) is 24.4 Å². The molecule has 0 aliphatic rings. The van der Waals surface area contributed by atoms with E-state index in [2.05, 4.69) is 10.3 Å². The number of nitrogens with zero attached hydrogens (tertiary/aromatic N) is 1. The summed E-state index contributed by atoms with van der Waals surface area (Å²) in [6.45, 7) is 0. The molecule has 0 fully saturated rings. The van der Waals surface area contributed by atoms with Gasteiger partial charge in [0.25, 0.3) is 5.91 Å². The van der Waals surface area contributed by atoms with E-state index >= 15 is 0 Å². The van der Waals surface area contributed by atoms with Crippen LogP contribution in [0.3, 0.4) is 0 Å². The van der Waals surface area contributed by atoms with Gasteiger partial charge in [-0.3, -0.25) is 9.78 Å². The number of rotatable bonds is 3. The molecule has 7 heteroatoms. The Morgan fingerprint density at radius 2 is 2.00 bits per heavy atom. The third kappa shape index (κ3) is 3.10. The van der Waals surface area contributed by atoms with E-state index in [0.717, 1.165) is 12.3 Å². The van der Waals surface area contributed by atoms with Crippen LogP contribution in [0.2, 0.25) is 5.02 Å². The molecule has 0 radical (unpaired) electrons. The molecule has 1 aromatic carbocycles. The number of amides is 1. The largest absolute Gasteiger partial charge is 0.478 e. The predicted octanol–water partition coefficient (Wildman–Crippen LogP) is 2.82. The van der Waals surface area contributed by atoms with E-state index in [4.69, 9.17) is 16.7 Å². The Morgan fingerprint density at radius 1 is 1.25 bits per heavy atom. The molecule has 1 aromatic heterocycles. The first-order valence-corrected chi connectivity index (χ1v) is 5.80. The van der Waals surface area contributed by atoms with Gasteiger partial charge in [0.05, 0.1) is 22.3 Å². The summed E-state index contributed by atoms with van der Waals surface area (Å²) >= 11 is 5.77. The number of hydrogen-bond donors (Lipinski definition) is 2. The van der Waals surface area contributed by atoms with Gasteiger partial charge in [-0.05, 0) is 24.3 Å². The van der Waals surface area contributed by atoms with Crippen molar-refractivity contribution in [3.63, 3.8) is 0 Å². The summed E-state index contributed by atoms with van der Waals surface area (Å²) in [5.74, 6) is -2.37. The molecule has 0 unspecified atom stereocenters. The number of benzene rings is 1. The molecule has 2 aromatic rings. The zero-order valence-corrected chi connectivity index (χ0v) is 10.7. The Hall–Kier alpha value is -2.47. The average molecular weight is 295 g/mol. The minimum absolute atomic E-state index is 0.00679. The predicted molar refractivity (Wildman–Crippen MR) is 70.6 cm³/mol. The van der Waals surface area contributed by atoms with Gasteiger partial charge in [0.2, 0.25) is 0 Å². The lowest BCUT2D eigenvalue weighted by atomic mass is 10.2. The molecule has 5 nitrogen and oxygen atoms in total. The van der Waals surface area contributed by atoms with Crippen molar-refractivity contribution in [2.24, 2.45) is 0 Å². The van der Waals surface area contributed by atoms with Crippen molar-refractivity contribution in [2.75, 3.05) is 5.32 Å². The minimum atomic E-state index is -1.16. The summed E-state index contributed by atoms with van der Waals surface area (Å²) in [6.07, 6.45) is 2.20. The molecule has 0 aliphatic heterocycles. The zero-order valence-electron chi connectivity index (χ0n) is 9.93. The van der Waals surface area contributed by atoms with Gasteiger partial charge in [-0.2, -0.15) is 0 Å². The Bertz CT molecular complexity index is 691. The number of carboxylic acids is 1. The highest BCUT2D eigenvalue weighted by Crippen LogP contribution is 2.21. The van der Waals surface area contributed by atoms with Gasteiger partial charge in [-0.15, -0.1) is 0 Å². The third-order valence-electron chi connectivity index (χ3n) is 2.42. The fraction of sp³-hybridized carbons (Fsp3) is 0. The Morgan fingerprint density at radius 3 is 2.60 bits per heavy atom. The summed E-state index contributed by atoms with van der Waals surface area (Å²) in [5, 5.41) is 11.3. The second-order valence-corrected chi connectivity index (χ2v) is 4.25. The van der Waals surface area contributed by atoms with Gasteiger partial charge in [0.15, 0.2) is 0 Å². The molecular formula is C13H8ClFN2O3. The number of carbonyl (C=O) groups excluding carboxylic acids is 1. The van der Waals surface area contributed by atoms with Crippen LogP contribution in [0.4, 0.5) is 10.1 Å². The molecule has 0 aliphatic carbocycles. The first-order valence-electron chi connectivity index (χ1n) is 5.42. The average Bonchev–Trinajstić information content (AvgIpc) is 2.38. The van der Waals surface area contributed by atoms with Crippen LogP contribution in [0.5, 0.6) is 0 Å². The summed E-state index contributed by atoms with van der Waals surface area (Å²) in [4.78, 5) is 26.2. The number of aromatic nitrogens is 1. The lowest BCUT2D eigenvalue weighted by Crippen LogP contribution is -2.12. The van der Waals surface area contributed by atoms with Crippen molar-refractivity contribution in [1.82, 2.24) is 4.98 Å².